The zero-order valence-corrected chi connectivity index (χ0v) is 8.72. The van der Waals surface area contributed by atoms with Gasteiger partial charge in [-0.05, 0) is 29.7 Å². The van der Waals surface area contributed by atoms with Crippen LogP contribution >= 0.6 is 0 Å². The van der Waals surface area contributed by atoms with Crippen molar-refractivity contribution in [2.24, 2.45) is 11.3 Å². The van der Waals surface area contributed by atoms with Crippen molar-refractivity contribution in [2.45, 2.75) is 40.5 Å². The van der Waals surface area contributed by atoms with Gasteiger partial charge >= 0.3 is 0 Å². The van der Waals surface area contributed by atoms with Crippen molar-refractivity contribution in [1.82, 2.24) is 0 Å². The summed E-state index contributed by atoms with van der Waals surface area (Å²) >= 11 is 0. The molecule has 12 heavy (non-hydrogen) atoms. The van der Waals surface area contributed by atoms with Crippen LogP contribution in [-0.4, -0.2) is 0 Å². The molecule has 0 nitrogen and oxygen atoms in total. The number of allylic oxidation sites excluding steroid dienone is 4. The molecule has 0 amide bonds. The minimum atomic E-state index is 0.412. The van der Waals surface area contributed by atoms with Crippen LogP contribution in [0.4, 0.5) is 0 Å². The minimum absolute atomic E-state index is 0.412. The summed E-state index contributed by atoms with van der Waals surface area (Å²) < 4.78 is 0. The molecule has 0 heterocycles. The van der Waals surface area contributed by atoms with Gasteiger partial charge in [-0.15, -0.1) is 0 Å². The molecule has 1 rings (SSSR count). The number of hydrogen-bond acceptors (Lipinski definition) is 0. The van der Waals surface area contributed by atoms with Crippen LogP contribution in [0, 0.1) is 11.3 Å². The molecule has 1 atom stereocenters. The Kier molecular flexibility index (Phi) is 2.76. The third kappa shape index (κ3) is 2.00. The van der Waals surface area contributed by atoms with Crippen LogP contribution in [0.2, 0.25) is 0 Å². The molecule has 0 aliphatic heterocycles. The van der Waals surface area contributed by atoms with E-state index in [4.69, 9.17) is 0 Å². The topological polar surface area (TPSA) is 0 Å². The highest BCUT2D eigenvalue weighted by molar-refractivity contribution is 5.29. The standard InChI is InChI=1S/C12H20/c1-5-11(12(2,3)4)10-8-6-7-9-10/h6,8-9,11H,5,7H2,1-4H3. The van der Waals surface area contributed by atoms with Crippen molar-refractivity contribution in [1.29, 1.82) is 0 Å². The molecular weight excluding hydrogens is 144 g/mol. The third-order valence-corrected chi connectivity index (χ3v) is 2.66. The Bertz CT molecular complexity index is 201. The van der Waals surface area contributed by atoms with E-state index in [1.165, 1.54) is 6.42 Å². The number of rotatable bonds is 2. The Morgan fingerprint density at radius 1 is 1.42 bits per heavy atom. The Balaban J connectivity index is 2.75. The van der Waals surface area contributed by atoms with E-state index >= 15 is 0 Å². The first-order chi connectivity index (χ1) is 5.55. The average molecular weight is 164 g/mol. The molecule has 1 unspecified atom stereocenters. The molecule has 0 aromatic carbocycles. The van der Waals surface area contributed by atoms with Crippen LogP contribution in [0.25, 0.3) is 0 Å². The lowest BCUT2D eigenvalue weighted by Crippen LogP contribution is -2.20. The van der Waals surface area contributed by atoms with E-state index in [0.29, 0.717) is 5.41 Å². The normalized spacial score (nSPS) is 19.5. The van der Waals surface area contributed by atoms with Crippen LogP contribution in [0.15, 0.2) is 23.8 Å². The summed E-state index contributed by atoms with van der Waals surface area (Å²) in [6.07, 6.45) is 9.30. The zero-order chi connectivity index (χ0) is 9.19. The highest BCUT2D eigenvalue weighted by Crippen LogP contribution is 2.36. The van der Waals surface area contributed by atoms with Crippen LogP contribution in [0.5, 0.6) is 0 Å². The molecule has 0 heteroatoms. The van der Waals surface area contributed by atoms with Crippen LogP contribution in [-0.2, 0) is 0 Å². The highest BCUT2D eigenvalue weighted by Gasteiger charge is 2.25. The fourth-order valence-corrected chi connectivity index (χ4v) is 2.08. The molecule has 0 saturated carbocycles. The van der Waals surface area contributed by atoms with Gasteiger partial charge in [0.15, 0.2) is 0 Å². The molecule has 0 aromatic heterocycles. The summed E-state index contributed by atoms with van der Waals surface area (Å²) in [5, 5.41) is 0. The molecule has 1 aliphatic rings. The second-order valence-corrected chi connectivity index (χ2v) is 4.67. The predicted molar refractivity (Wildman–Crippen MR) is 55.1 cm³/mol. The van der Waals surface area contributed by atoms with Crippen molar-refractivity contribution in [2.75, 3.05) is 0 Å². The van der Waals surface area contributed by atoms with Gasteiger partial charge in [0.05, 0.1) is 0 Å². The summed E-state index contributed by atoms with van der Waals surface area (Å²) in [5.74, 6) is 0.733. The highest BCUT2D eigenvalue weighted by atomic mass is 14.3. The molecule has 0 fully saturated rings. The molecule has 0 aromatic rings. The van der Waals surface area contributed by atoms with Crippen LogP contribution < -0.4 is 0 Å². The average Bonchev–Trinajstić information content (AvgIpc) is 2.38. The van der Waals surface area contributed by atoms with Gasteiger partial charge in [0.2, 0.25) is 0 Å². The Morgan fingerprint density at radius 2 is 2.08 bits per heavy atom. The van der Waals surface area contributed by atoms with Crippen molar-refractivity contribution in [3.05, 3.63) is 23.8 Å². The van der Waals surface area contributed by atoms with E-state index in [9.17, 15) is 0 Å². The van der Waals surface area contributed by atoms with Crippen molar-refractivity contribution < 1.29 is 0 Å². The summed E-state index contributed by atoms with van der Waals surface area (Å²) in [7, 11) is 0. The maximum Gasteiger partial charge on any atom is -0.0119 e. The van der Waals surface area contributed by atoms with E-state index in [-0.39, 0.29) is 0 Å². The van der Waals surface area contributed by atoms with E-state index < -0.39 is 0 Å². The molecule has 0 spiro atoms. The summed E-state index contributed by atoms with van der Waals surface area (Å²) in [4.78, 5) is 0. The zero-order valence-electron chi connectivity index (χ0n) is 8.72. The van der Waals surface area contributed by atoms with Gasteiger partial charge in [0.1, 0.15) is 0 Å². The van der Waals surface area contributed by atoms with Crippen molar-refractivity contribution >= 4 is 0 Å². The lowest BCUT2D eigenvalue weighted by Gasteiger charge is -2.30. The van der Waals surface area contributed by atoms with E-state index in [0.717, 1.165) is 12.3 Å². The summed E-state index contributed by atoms with van der Waals surface area (Å²) in [6.45, 7) is 9.26. The monoisotopic (exact) mass is 164 g/mol. The maximum absolute atomic E-state index is 2.36. The van der Waals surface area contributed by atoms with Gasteiger partial charge in [0.25, 0.3) is 0 Å². The molecule has 1 aliphatic carbocycles. The van der Waals surface area contributed by atoms with Gasteiger partial charge in [-0.25, -0.2) is 0 Å². The maximum atomic E-state index is 2.36. The van der Waals surface area contributed by atoms with Crippen LogP contribution in [0.3, 0.4) is 0 Å². The fourth-order valence-electron chi connectivity index (χ4n) is 2.08. The molecule has 0 radical (unpaired) electrons. The molecule has 0 N–H and O–H groups in total. The molecule has 68 valence electrons. The second kappa shape index (κ2) is 3.47. The van der Waals surface area contributed by atoms with Gasteiger partial charge in [-0.3, -0.25) is 0 Å². The summed E-state index contributed by atoms with van der Waals surface area (Å²) in [6, 6.07) is 0. The quantitative estimate of drug-likeness (QED) is 0.580. The largest absolute Gasteiger partial charge is 0.0805 e. The minimum Gasteiger partial charge on any atom is -0.0805 e. The molecular formula is C12H20. The van der Waals surface area contributed by atoms with Gasteiger partial charge in [-0.2, -0.15) is 0 Å². The predicted octanol–water partition coefficient (Wildman–Crippen LogP) is 3.95. The fraction of sp³-hybridized carbons (Fsp3) is 0.667. The van der Waals surface area contributed by atoms with Gasteiger partial charge in [0, 0.05) is 0 Å². The first kappa shape index (κ1) is 9.57. The van der Waals surface area contributed by atoms with E-state index in [1.54, 1.807) is 5.57 Å². The summed E-state index contributed by atoms with van der Waals surface area (Å²) in [5.41, 5.74) is 1.96. The van der Waals surface area contributed by atoms with E-state index in [1.807, 2.05) is 0 Å². The van der Waals surface area contributed by atoms with Gasteiger partial charge in [-0.1, -0.05) is 45.9 Å². The lowest BCUT2D eigenvalue weighted by molar-refractivity contribution is 0.276. The van der Waals surface area contributed by atoms with Crippen LogP contribution in [0.1, 0.15) is 40.5 Å². The Labute approximate surface area is 76.4 Å². The van der Waals surface area contributed by atoms with Crippen molar-refractivity contribution in [3.63, 3.8) is 0 Å². The number of hydrogen-bond donors (Lipinski definition) is 0. The molecule has 0 bridgehead atoms. The SMILES string of the molecule is CCC(C1=CCC=C1)C(C)(C)C. The molecule has 0 saturated heterocycles. The van der Waals surface area contributed by atoms with Crippen molar-refractivity contribution in [3.8, 4) is 0 Å². The lowest BCUT2D eigenvalue weighted by atomic mass is 9.75. The third-order valence-electron chi connectivity index (χ3n) is 2.66. The Hall–Kier alpha value is -0.520. The Morgan fingerprint density at radius 3 is 2.42 bits per heavy atom. The first-order valence-corrected chi connectivity index (χ1v) is 4.92. The first-order valence-electron chi connectivity index (χ1n) is 4.92. The smallest absolute Gasteiger partial charge is 0.0119 e. The van der Waals surface area contributed by atoms with E-state index in [2.05, 4.69) is 45.9 Å². The second-order valence-electron chi connectivity index (χ2n) is 4.67. The van der Waals surface area contributed by atoms with Gasteiger partial charge < -0.3 is 0 Å².